The molecule has 0 saturated heterocycles. The number of hydrogen-bond donors (Lipinski definition) is 1. The van der Waals surface area contributed by atoms with Crippen LogP contribution < -0.4 is 10.9 Å². The molecule has 1 amide bonds. The van der Waals surface area contributed by atoms with Crippen LogP contribution in [0.5, 0.6) is 0 Å². The Hall–Kier alpha value is -3.74. The Morgan fingerprint density at radius 2 is 1.93 bits per heavy atom. The number of nitrogens with zero attached hydrogens (tertiary/aromatic N) is 4. The first-order chi connectivity index (χ1) is 14.1. The standard InChI is InChI=1S/C22H21N5O2/c1-15-8-10-26(16(2)17-6-4-3-5-7-17)22(29)20(15)21(28)25-13-18-12-24-19-14-23-9-11-27(18)19/h3-12,14,16H,13H2,1-2H3,(H,25,28). The van der Waals surface area contributed by atoms with Gasteiger partial charge in [0.25, 0.3) is 11.5 Å². The number of rotatable bonds is 5. The van der Waals surface area contributed by atoms with E-state index in [-0.39, 0.29) is 23.7 Å². The molecule has 0 fully saturated rings. The minimum atomic E-state index is -0.397. The third kappa shape index (κ3) is 3.54. The van der Waals surface area contributed by atoms with E-state index in [1.54, 1.807) is 48.5 Å². The molecule has 0 radical (unpaired) electrons. The van der Waals surface area contributed by atoms with Gasteiger partial charge in [-0.25, -0.2) is 4.98 Å². The summed E-state index contributed by atoms with van der Waals surface area (Å²) >= 11 is 0. The second kappa shape index (κ2) is 7.71. The van der Waals surface area contributed by atoms with Crippen molar-refractivity contribution in [2.75, 3.05) is 0 Å². The third-order valence-corrected chi connectivity index (χ3v) is 5.08. The molecule has 0 saturated carbocycles. The number of carbonyl (C=O) groups is 1. The maximum absolute atomic E-state index is 13.1. The van der Waals surface area contributed by atoms with Gasteiger partial charge in [0.05, 0.1) is 30.7 Å². The highest BCUT2D eigenvalue weighted by Crippen LogP contribution is 2.16. The van der Waals surface area contributed by atoms with Gasteiger partial charge in [-0.05, 0) is 31.0 Å². The predicted molar refractivity (Wildman–Crippen MR) is 110 cm³/mol. The molecule has 0 aliphatic rings. The number of imidazole rings is 1. The second-order valence-electron chi connectivity index (χ2n) is 6.91. The number of aryl methyl sites for hydroxylation is 1. The van der Waals surface area contributed by atoms with E-state index in [4.69, 9.17) is 0 Å². The summed E-state index contributed by atoms with van der Waals surface area (Å²) in [7, 11) is 0. The number of pyridine rings is 1. The van der Waals surface area contributed by atoms with Gasteiger partial charge in [-0.1, -0.05) is 30.3 Å². The molecule has 3 heterocycles. The first-order valence-electron chi connectivity index (χ1n) is 9.37. The number of amides is 1. The van der Waals surface area contributed by atoms with Crippen molar-refractivity contribution in [1.82, 2.24) is 24.3 Å². The fourth-order valence-electron chi connectivity index (χ4n) is 3.40. The number of nitrogens with one attached hydrogen (secondary N) is 1. The van der Waals surface area contributed by atoms with Gasteiger partial charge in [0.2, 0.25) is 0 Å². The van der Waals surface area contributed by atoms with Crippen LogP contribution in [0.15, 0.2) is 72.2 Å². The molecule has 1 aromatic carbocycles. The molecule has 7 nitrogen and oxygen atoms in total. The summed E-state index contributed by atoms with van der Waals surface area (Å²) in [6.45, 7) is 3.97. The quantitative estimate of drug-likeness (QED) is 0.571. The van der Waals surface area contributed by atoms with Crippen molar-refractivity contribution in [3.63, 3.8) is 0 Å². The zero-order valence-electron chi connectivity index (χ0n) is 16.2. The highest BCUT2D eigenvalue weighted by Gasteiger charge is 2.19. The van der Waals surface area contributed by atoms with Gasteiger partial charge >= 0.3 is 0 Å². The number of aromatic nitrogens is 4. The molecule has 4 aromatic rings. The van der Waals surface area contributed by atoms with Crippen LogP contribution in [0.1, 0.15) is 40.1 Å². The summed E-state index contributed by atoms with van der Waals surface area (Å²) in [6, 6.07) is 11.4. The normalized spacial score (nSPS) is 12.1. The van der Waals surface area contributed by atoms with Gasteiger partial charge in [-0.2, -0.15) is 0 Å². The fourth-order valence-corrected chi connectivity index (χ4v) is 3.40. The summed E-state index contributed by atoms with van der Waals surface area (Å²) in [5.41, 5.74) is 3.01. The van der Waals surface area contributed by atoms with Crippen molar-refractivity contribution in [1.29, 1.82) is 0 Å². The average molecular weight is 387 g/mol. The zero-order valence-corrected chi connectivity index (χ0v) is 16.2. The Morgan fingerprint density at radius 3 is 2.72 bits per heavy atom. The average Bonchev–Trinajstić information content (AvgIpc) is 3.16. The molecule has 0 spiro atoms. The number of hydrogen-bond acceptors (Lipinski definition) is 4. The molecule has 29 heavy (non-hydrogen) atoms. The van der Waals surface area contributed by atoms with Crippen LogP contribution in [0.4, 0.5) is 0 Å². The summed E-state index contributed by atoms with van der Waals surface area (Å²) in [4.78, 5) is 34.2. The molecule has 3 aromatic heterocycles. The minimum Gasteiger partial charge on any atom is -0.346 e. The van der Waals surface area contributed by atoms with Crippen molar-refractivity contribution in [2.45, 2.75) is 26.4 Å². The summed E-state index contributed by atoms with van der Waals surface area (Å²) in [5, 5.41) is 2.85. The zero-order chi connectivity index (χ0) is 20.4. The van der Waals surface area contributed by atoms with Crippen molar-refractivity contribution >= 4 is 11.6 Å². The Kier molecular flexibility index (Phi) is 4.95. The Bertz CT molecular complexity index is 1230. The van der Waals surface area contributed by atoms with Gasteiger partial charge in [0.1, 0.15) is 5.56 Å². The lowest BCUT2D eigenvalue weighted by Crippen LogP contribution is -2.35. The van der Waals surface area contributed by atoms with Gasteiger partial charge in [0, 0.05) is 18.6 Å². The van der Waals surface area contributed by atoms with Gasteiger partial charge in [0.15, 0.2) is 5.65 Å². The van der Waals surface area contributed by atoms with E-state index >= 15 is 0 Å². The molecule has 0 aliphatic heterocycles. The lowest BCUT2D eigenvalue weighted by molar-refractivity contribution is 0.0947. The van der Waals surface area contributed by atoms with Gasteiger partial charge < -0.3 is 9.88 Å². The molecule has 4 rings (SSSR count). The minimum absolute atomic E-state index is 0.158. The Labute approximate surface area is 167 Å². The van der Waals surface area contributed by atoms with E-state index in [9.17, 15) is 9.59 Å². The number of benzene rings is 1. The lowest BCUT2D eigenvalue weighted by atomic mass is 10.1. The smallest absolute Gasteiger partial charge is 0.264 e. The first-order valence-corrected chi connectivity index (χ1v) is 9.37. The third-order valence-electron chi connectivity index (χ3n) is 5.08. The largest absolute Gasteiger partial charge is 0.346 e. The van der Waals surface area contributed by atoms with Crippen molar-refractivity contribution < 1.29 is 4.79 Å². The molecule has 1 unspecified atom stereocenters. The van der Waals surface area contributed by atoms with Crippen LogP contribution >= 0.6 is 0 Å². The molecule has 146 valence electrons. The van der Waals surface area contributed by atoms with Gasteiger partial charge in [-0.15, -0.1) is 0 Å². The highest BCUT2D eigenvalue weighted by molar-refractivity contribution is 5.95. The van der Waals surface area contributed by atoms with E-state index in [1.807, 2.05) is 41.7 Å². The van der Waals surface area contributed by atoms with E-state index in [1.165, 1.54) is 0 Å². The number of carbonyl (C=O) groups excluding carboxylic acids is 1. The van der Waals surface area contributed by atoms with Crippen LogP contribution in [0.25, 0.3) is 5.65 Å². The highest BCUT2D eigenvalue weighted by atomic mass is 16.2. The maximum atomic E-state index is 13.1. The fraction of sp³-hybridized carbons (Fsp3) is 0.182. The van der Waals surface area contributed by atoms with E-state index in [0.717, 1.165) is 11.3 Å². The van der Waals surface area contributed by atoms with Crippen LogP contribution in [-0.2, 0) is 6.54 Å². The Balaban J connectivity index is 1.60. The monoisotopic (exact) mass is 387 g/mol. The molecule has 1 atom stereocenters. The molecular formula is C22H21N5O2. The molecule has 1 N–H and O–H groups in total. The first kappa shape index (κ1) is 18.6. The van der Waals surface area contributed by atoms with E-state index < -0.39 is 5.91 Å². The summed E-state index contributed by atoms with van der Waals surface area (Å²) in [5.74, 6) is -0.397. The second-order valence-corrected chi connectivity index (χ2v) is 6.91. The topological polar surface area (TPSA) is 81.3 Å². The van der Waals surface area contributed by atoms with Crippen molar-refractivity contribution in [2.24, 2.45) is 0 Å². The molecule has 0 bridgehead atoms. The van der Waals surface area contributed by atoms with Crippen LogP contribution in [0.3, 0.4) is 0 Å². The van der Waals surface area contributed by atoms with E-state index in [0.29, 0.717) is 11.2 Å². The van der Waals surface area contributed by atoms with Crippen molar-refractivity contribution in [3.8, 4) is 0 Å². The molecule has 0 aliphatic carbocycles. The van der Waals surface area contributed by atoms with Gasteiger partial charge in [-0.3, -0.25) is 19.0 Å². The van der Waals surface area contributed by atoms with Crippen LogP contribution in [-0.4, -0.2) is 24.8 Å². The molecule has 7 heteroatoms. The number of fused-ring (bicyclic) bond motifs is 1. The predicted octanol–water partition coefficient (Wildman–Crippen LogP) is 2.74. The van der Waals surface area contributed by atoms with Crippen LogP contribution in [0, 0.1) is 6.92 Å². The summed E-state index contributed by atoms with van der Waals surface area (Å²) in [6.07, 6.45) is 8.52. The maximum Gasteiger partial charge on any atom is 0.264 e. The molecular weight excluding hydrogens is 366 g/mol. The lowest BCUT2D eigenvalue weighted by Gasteiger charge is -2.17. The van der Waals surface area contributed by atoms with E-state index in [2.05, 4.69) is 15.3 Å². The van der Waals surface area contributed by atoms with Crippen LogP contribution in [0.2, 0.25) is 0 Å². The Morgan fingerprint density at radius 1 is 1.14 bits per heavy atom. The summed E-state index contributed by atoms with van der Waals surface area (Å²) < 4.78 is 3.44. The SMILES string of the molecule is Cc1ccn(C(C)c2ccccc2)c(=O)c1C(=O)NCc1cnc2cnccn12. The van der Waals surface area contributed by atoms with Crippen molar-refractivity contribution in [3.05, 3.63) is 100 Å².